The number of hydrogen-bond acceptors (Lipinski definition) is 3. The number of benzene rings is 1. The largest absolute Gasteiger partial charge is 0.495 e. The third-order valence-corrected chi connectivity index (χ3v) is 2.70. The molecule has 1 aromatic rings. The molecule has 0 fully saturated rings. The minimum Gasteiger partial charge on any atom is -0.495 e. The van der Waals surface area contributed by atoms with Gasteiger partial charge in [0, 0.05) is 18.2 Å². The van der Waals surface area contributed by atoms with Gasteiger partial charge in [0.15, 0.2) is 0 Å². The molecular formula is C9H11Cl2NO2. The van der Waals surface area contributed by atoms with Crippen LogP contribution in [0, 0.1) is 0 Å². The van der Waals surface area contributed by atoms with Crippen LogP contribution in [0.15, 0.2) is 6.07 Å². The molecule has 3 nitrogen and oxygen atoms in total. The van der Waals surface area contributed by atoms with Crippen LogP contribution in [-0.2, 0) is 6.54 Å². The van der Waals surface area contributed by atoms with Gasteiger partial charge in [-0.05, 0) is 0 Å². The van der Waals surface area contributed by atoms with E-state index in [0.717, 1.165) is 0 Å². The predicted molar refractivity (Wildman–Crippen MR) is 57.5 cm³/mol. The third kappa shape index (κ3) is 1.90. The number of ether oxygens (including phenoxy) is 2. The minimum absolute atomic E-state index is 0.241. The topological polar surface area (TPSA) is 44.5 Å². The first kappa shape index (κ1) is 11.4. The second kappa shape index (κ2) is 4.73. The van der Waals surface area contributed by atoms with E-state index in [1.54, 1.807) is 6.07 Å². The van der Waals surface area contributed by atoms with Gasteiger partial charge < -0.3 is 15.2 Å². The highest BCUT2D eigenvalue weighted by molar-refractivity contribution is 6.37. The molecule has 14 heavy (non-hydrogen) atoms. The van der Waals surface area contributed by atoms with Gasteiger partial charge in [-0.15, -0.1) is 0 Å². The van der Waals surface area contributed by atoms with E-state index in [9.17, 15) is 0 Å². The molecule has 0 heterocycles. The maximum Gasteiger partial charge on any atom is 0.141 e. The monoisotopic (exact) mass is 235 g/mol. The average molecular weight is 236 g/mol. The van der Waals surface area contributed by atoms with Crippen molar-refractivity contribution in [2.24, 2.45) is 5.73 Å². The van der Waals surface area contributed by atoms with Crippen LogP contribution < -0.4 is 15.2 Å². The van der Waals surface area contributed by atoms with E-state index in [1.165, 1.54) is 14.2 Å². The van der Waals surface area contributed by atoms with Crippen molar-refractivity contribution < 1.29 is 9.47 Å². The van der Waals surface area contributed by atoms with Crippen molar-refractivity contribution in [3.05, 3.63) is 21.7 Å². The number of nitrogens with two attached hydrogens (primary N) is 1. The van der Waals surface area contributed by atoms with Crippen molar-refractivity contribution >= 4 is 23.2 Å². The molecule has 0 aliphatic carbocycles. The lowest BCUT2D eigenvalue weighted by Gasteiger charge is -2.12. The summed E-state index contributed by atoms with van der Waals surface area (Å²) in [5.74, 6) is 1.02. The zero-order valence-corrected chi connectivity index (χ0v) is 9.45. The second-order valence-corrected chi connectivity index (χ2v) is 3.35. The molecule has 0 aromatic heterocycles. The molecule has 0 unspecified atom stereocenters. The van der Waals surface area contributed by atoms with Crippen LogP contribution in [0.3, 0.4) is 0 Å². The molecule has 0 bridgehead atoms. The highest BCUT2D eigenvalue weighted by Gasteiger charge is 2.15. The fourth-order valence-electron chi connectivity index (χ4n) is 1.12. The van der Waals surface area contributed by atoms with Crippen molar-refractivity contribution in [2.45, 2.75) is 6.54 Å². The first-order chi connectivity index (χ1) is 6.65. The molecule has 2 N–H and O–H groups in total. The van der Waals surface area contributed by atoms with Crippen LogP contribution in [0.1, 0.15) is 5.56 Å². The van der Waals surface area contributed by atoms with Gasteiger partial charge >= 0.3 is 0 Å². The van der Waals surface area contributed by atoms with E-state index in [2.05, 4.69) is 0 Å². The van der Waals surface area contributed by atoms with Crippen molar-refractivity contribution in [1.29, 1.82) is 0 Å². The van der Waals surface area contributed by atoms with Crippen LogP contribution in [0.25, 0.3) is 0 Å². The van der Waals surface area contributed by atoms with Crippen LogP contribution >= 0.6 is 23.2 Å². The summed E-state index contributed by atoms with van der Waals surface area (Å²) >= 11 is 12.0. The number of methoxy groups -OCH3 is 2. The fourth-order valence-corrected chi connectivity index (χ4v) is 1.77. The first-order valence-electron chi connectivity index (χ1n) is 3.94. The summed E-state index contributed by atoms with van der Waals surface area (Å²) in [6, 6.07) is 1.63. The van der Waals surface area contributed by atoms with Crippen LogP contribution in [0.2, 0.25) is 10.0 Å². The molecule has 78 valence electrons. The maximum atomic E-state index is 6.00. The fraction of sp³-hybridized carbons (Fsp3) is 0.333. The highest BCUT2D eigenvalue weighted by atomic mass is 35.5. The second-order valence-electron chi connectivity index (χ2n) is 2.59. The zero-order valence-electron chi connectivity index (χ0n) is 7.93. The van der Waals surface area contributed by atoms with E-state index in [1.807, 2.05) is 0 Å². The number of rotatable bonds is 3. The van der Waals surface area contributed by atoms with E-state index < -0.39 is 0 Å². The summed E-state index contributed by atoms with van der Waals surface area (Å²) in [7, 11) is 3.05. The molecule has 0 radical (unpaired) electrons. The number of hydrogen-bond donors (Lipinski definition) is 1. The van der Waals surface area contributed by atoms with E-state index >= 15 is 0 Å². The summed E-state index contributed by atoms with van der Waals surface area (Å²) in [6.07, 6.45) is 0. The van der Waals surface area contributed by atoms with Gasteiger partial charge in [0.25, 0.3) is 0 Å². The average Bonchev–Trinajstić information content (AvgIpc) is 2.19. The van der Waals surface area contributed by atoms with Crippen molar-refractivity contribution in [2.75, 3.05) is 14.2 Å². The van der Waals surface area contributed by atoms with Gasteiger partial charge in [-0.2, -0.15) is 0 Å². The Hall–Kier alpha value is -0.640. The molecule has 5 heteroatoms. The molecule has 1 rings (SSSR count). The van der Waals surface area contributed by atoms with Gasteiger partial charge in [-0.25, -0.2) is 0 Å². The third-order valence-electron chi connectivity index (χ3n) is 1.87. The Morgan fingerprint density at radius 2 is 1.57 bits per heavy atom. The summed E-state index contributed by atoms with van der Waals surface area (Å²) in [5.41, 5.74) is 6.15. The lowest BCUT2D eigenvalue weighted by atomic mass is 10.2. The Kier molecular flexibility index (Phi) is 3.86. The Balaban J connectivity index is 3.39. The summed E-state index contributed by atoms with van der Waals surface area (Å²) in [6.45, 7) is 0.241. The lowest BCUT2D eigenvalue weighted by molar-refractivity contribution is 0.393. The molecule has 0 atom stereocenters. The zero-order chi connectivity index (χ0) is 10.7. The minimum atomic E-state index is 0.241. The van der Waals surface area contributed by atoms with Crippen LogP contribution in [0.4, 0.5) is 0 Å². The first-order valence-corrected chi connectivity index (χ1v) is 4.70. The molecule has 0 spiro atoms. The van der Waals surface area contributed by atoms with Gasteiger partial charge in [0.2, 0.25) is 0 Å². The summed E-state index contributed by atoms with van der Waals surface area (Å²) in [5, 5.41) is 0.863. The Morgan fingerprint density at radius 1 is 1.14 bits per heavy atom. The molecule has 0 aliphatic heterocycles. The van der Waals surface area contributed by atoms with E-state index in [0.29, 0.717) is 27.1 Å². The smallest absolute Gasteiger partial charge is 0.141 e. The van der Waals surface area contributed by atoms with Gasteiger partial charge in [-0.1, -0.05) is 23.2 Å². The molecular weight excluding hydrogens is 225 g/mol. The lowest BCUT2D eigenvalue weighted by Crippen LogP contribution is -2.01. The number of halogens is 2. The van der Waals surface area contributed by atoms with Crippen LogP contribution in [-0.4, -0.2) is 14.2 Å². The Labute approximate surface area is 92.7 Å². The van der Waals surface area contributed by atoms with Gasteiger partial charge in [-0.3, -0.25) is 0 Å². The van der Waals surface area contributed by atoms with Crippen molar-refractivity contribution in [1.82, 2.24) is 0 Å². The summed E-state index contributed by atoms with van der Waals surface area (Å²) in [4.78, 5) is 0. The summed E-state index contributed by atoms with van der Waals surface area (Å²) < 4.78 is 10.1. The molecule has 0 saturated carbocycles. The normalized spacial score (nSPS) is 10.1. The Morgan fingerprint density at radius 3 is 1.86 bits per heavy atom. The molecule has 0 aliphatic rings. The van der Waals surface area contributed by atoms with Gasteiger partial charge in [0.05, 0.1) is 24.3 Å². The SMILES string of the molecule is COc1cc(OC)c(Cl)c(CN)c1Cl. The molecule has 0 saturated heterocycles. The predicted octanol–water partition coefficient (Wildman–Crippen LogP) is 2.47. The van der Waals surface area contributed by atoms with E-state index in [4.69, 9.17) is 38.4 Å². The van der Waals surface area contributed by atoms with Crippen molar-refractivity contribution in [3.63, 3.8) is 0 Å². The standard InChI is InChI=1S/C9H11Cl2NO2/c1-13-6-3-7(14-2)9(11)5(4-12)8(6)10/h3H,4,12H2,1-2H3. The van der Waals surface area contributed by atoms with Crippen LogP contribution in [0.5, 0.6) is 11.5 Å². The molecule has 1 aromatic carbocycles. The molecule has 0 amide bonds. The van der Waals surface area contributed by atoms with Crippen molar-refractivity contribution in [3.8, 4) is 11.5 Å². The quantitative estimate of drug-likeness (QED) is 0.876. The van der Waals surface area contributed by atoms with Gasteiger partial charge in [0.1, 0.15) is 11.5 Å². The maximum absolute atomic E-state index is 6.00. The highest BCUT2D eigenvalue weighted by Crippen LogP contribution is 2.39. The van der Waals surface area contributed by atoms with E-state index in [-0.39, 0.29) is 6.54 Å². The Bertz CT molecular complexity index is 314.